The van der Waals surface area contributed by atoms with Crippen LogP contribution in [0.5, 0.6) is 0 Å². The Balaban J connectivity index is 0.00000192. The number of hydrogen-bond donors (Lipinski definition) is 1. The van der Waals surface area contributed by atoms with E-state index in [0.29, 0.717) is 11.9 Å². The number of aliphatic imine (C=N–C) groups is 1. The molecule has 1 heterocycles. The quantitative estimate of drug-likeness (QED) is 0.447. The second-order valence-corrected chi connectivity index (χ2v) is 7.01. The van der Waals surface area contributed by atoms with Gasteiger partial charge in [-0.3, -0.25) is 4.99 Å². The van der Waals surface area contributed by atoms with Crippen molar-refractivity contribution in [2.45, 2.75) is 38.0 Å². The summed E-state index contributed by atoms with van der Waals surface area (Å²) >= 11 is 0. The third-order valence-corrected chi connectivity index (χ3v) is 5.06. The fourth-order valence-corrected chi connectivity index (χ4v) is 3.58. The zero-order valence-electron chi connectivity index (χ0n) is 14.1. The van der Waals surface area contributed by atoms with Crippen molar-refractivity contribution in [3.8, 4) is 0 Å². The molecule has 2 N–H and O–H groups in total. The number of benzene rings is 1. The van der Waals surface area contributed by atoms with E-state index in [-0.39, 0.29) is 29.4 Å². The van der Waals surface area contributed by atoms with Gasteiger partial charge in [-0.1, -0.05) is 38.1 Å². The molecule has 2 aliphatic rings. The van der Waals surface area contributed by atoms with Crippen LogP contribution < -0.4 is 5.73 Å². The van der Waals surface area contributed by atoms with E-state index in [1.807, 2.05) is 0 Å². The van der Waals surface area contributed by atoms with Crippen LogP contribution in [0.15, 0.2) is 29.3 Å². The van der Waals surface area contributed by atoms with E-state index >= 15 is 0 Å². The molecule has 0 amide bonds. The number of fused-ring (bicyclic) bond motifs is 1. The fourth-order valence-electron chi connectivity index (χ4n) is 3.58. The summed E-state index contributed by atoms with van der Waals surface area (Å²) in [6.45, 7) is 8.66. The van der Waals surface area contributed by atoms with Crippen molar-refractivity contribution < 1.29 is 4.74 Å². The predicted molar refractivity (Wildman–Crippen MR) is 106 cm³/mol. The van der Waals surface area contributed by atoms with Gasteiger partial charge in [-0.2, -0.15) is 0 Å². The standard InChI is InChI=1S/C18H27N3O.HI/c1-18(2)8-7-14(15-5-3-4-6-16(15)18)13-20-17(19)21-9-11-22-12-10-21;/h3-6,14H,7-13H2,1-2H3,(H2,19,20);1H. The molecular formula is C18H28IN3O. The van der Waals surface area contributed by atoms with E-state index in [2.05, 4.69) is 48.0 Å². The highest BCUT2D eigenvalue weighted by Gasteiger charge is 2.32. The zero-order chi connectivity index (χ0) is 15.6. The highest BCUT2D eigenvalue weighted by molar-refractivity contribution is 14.0. The number of nitrogens with zero attached hydrogens (tertiary/aromatic N) is 2. The molecule has 1 aliphatic carbocycles. The van der Waals surface area contributed by atoms with Crippen LogP contribution in [-0.4, -0.2) is 43.7 Å². The Hall–Kier alpha value is -0.820. The zero-order valence-corrected chi connectivity index (χ0v) is 16.5. The molecule has 0 saturated carbocycles. The van der Waals surface area contributed by atoms with Gasteiger partial charge in [-0.15, -0.1) is 24.0 Å². The number of rotatable bonds is 2. The van der Waals surface area contributed by atoms with Crippen molar-refractivity contribution in [3.63, 3.8) is 0 Å². The van der Waals surface area contributed by atoms with Crippen LogP contribution in [0.4, 0.5) is 0 Å². The fraction of sp³-hybridized carbons (Fsp3) is 0.611. The van der Waals surface area contributed by atoms with Crippen molar-refractivity contribution in [1.82, 2.24) is 4.90 Å². The summed E-state index contributed by atoms with van der Waals surface area (Å²) in [5.41, 5.74) is 9.36. The van der Waals surface area contributed by atoms with Crippen LogP contribution in [0, 0.1) is 0 Å². The van der Waals surface area contributed by atoms with E-state index in [1.165, 1.54) is 24.0 Å². The van der Waals surface area contributed by atoms with Crippen molar-refractivity contribution in [1.29, 1.82) is 0 Å². The molecule has 0 spiro atoms. The first-order chi connectivity index (χ1) is 10.6. The molecule has 3 rings (SSSR count). The maximum Gasteiger partial charge on any atom is 0.191 e. The molecule has 5 heteroatoms. The molecular weight excluding hydrogens is 401 g/mol. The Bertz CT molecular complexity index is 553. The summed E-state index contributed by atoms with van der Waals surface area (Å²) in [4.78, 5) is 6.81. The number of hydrogen-bond acceptors (Lipinski definition) is 2. The average molecular weight is 429 g/mol. The number of morpholine rings is 1. The Kier molecular flexibility index (Phi) is 6.31. The summed E-state index contributed by atoms with van der Waals surface area (Å²) in [6, 6.07) is 8.83. The molecule has 128 valence electrons. The second kappa shape index (κ2) is 7.83. The molecule has 0 bridgehead atoms. The minimum absolute atomic E-state index is 0. The van der Waals surface area contributed by atoms with Gasteiger partial charge in [0, 0.05) is 25.6 Å². The molecule has 1 saturated heterocycles. The Morgan fingerprint density at radius 1 is 1.30 bits per heavy atom. The van der Waals surface area contributed by atoms with E-state index in [9.17, 15) is 0 Å². The number of halogens is 1. The lowest BCUT2D eigenvalue weighted by molar-refractivity contribution is 0.0674. The predicted octanol–water partition coefficient (Wildman–Crippen LogP) is 3.11. The van der Waals surface area contributed by atoms with Crippen LogP contribution in [0.3, 0.4) is 0 Å². The highest BCUT2D eigenvalue weighted by atomic mass is 127. The van der Waals surface area contributed by atoms with Crippen LogP contribution in [0.1, 0.15) is 43.7 Å². The van der Waals surface area contributed by atoms with Crippen molar-refractivity contribution >= 4 is 29.9 Å². The lowest BCUT2D eigenvalue weighted by atomic mass is 9.69. The SMILES string of the molecule is CC1(C)CCC(CN=C(N)N2CCOCC2)c2ccccc21.I. The average Bonchev–Trinajstić information content (AvgIpc) is 2.55. The number of nitrogens with two attached hydrogens (primary N) is 1. The van der Waals surface area contributed by atoms with Gasteiger partial charge >= 0.3 is 0 Å². The minimum atomic E-state index is 0. The first-order valence-electron chi connectivity index (χ1n) is 8.30. The van der Waals surface area contributed by atoms with Gasteiger partial charge in [0.25, 0.3) is 0 Å². The van der Waals surface area contributed by atoms with Crippen molar-refractivity contribution in [2.75, 3.05) is 32.8 Å². The maximum atomic E-state index is 6.16. The monoisotopic (exact) mass is 429 g/mol. The Morgan fingerprint density at radius 3 is 2.74 bits per heavy atom. The van der Waals surface area contributed by atoms with E-state index < -0.39 is 0 Å². The molecule has 1 aromatic rings. The van der Waals surface area contributed by atoms with E-state index in [1.54, 1.807) is 0 Å². The van der Waals surface area contributed by atoms with Gasteiger partial charge < -0.3 is 15.4 Å². The summed E-state index contributed by atoms with van der Waals surface area (Å²) in [6.07, 6.45) is 2.39. The van der Waals surface area contributed by atoms with E-state index in [4.69, 9.17) is 10.5 Å². The molecule has 1 atom stereocenters. The van der Waals surface area contributed by atoms with Crippen LogP contribution in [0.25, 0.3) is 0 Å². The van der Waals surface area contributed by atoms with Crippen molar-refractivity contribution in [3.05, 3.63) is 35.4 Å². The largest absolute Gasteiger partial charge is 0.378 e. The van der Waals surface area contributed by atoms with Crippen LogP contribution in [-0.2, 0) is 10.2 Å². The van der Waals surface area contributed by atoms with Gasteiger partial charge in [0.05, 0.1) is 13.2 Å². The second-order valence-electron chi connectivity index (χ2n) is 7.01. The molecule has 4 nitrogen and oxygen atoms in total. The molecule has 1 fully saturated rings. The van der Waals surface area contributed by atoms with Gasteiger partial charge in [0.15, 0.2) is 5.96 Å². The van der Waals surface area contributed by atoms with Gasteiger partial charge in [-0.05, 0) is 29.4 Å². The summed E-state index contributed by atoms with van der Waals surface area (Å²) in [5, 5.41) is 0. The highest BCUT2D eigenvalue weighted by Crippen LogP contribution is 2.42. The Morgan fingerprint density at radius 2 is 2.00 bits per heavy atom. The lowest BCUT2D eigenvalue weighted by Crippen LogP contribution is -2.45. The molecule has 23 heavy (non-hydrogen) atoms. The molecule has 0 aromatic heterocycles. The molecule has 1 aliphatic heterocycles. The molecule has 0 radical (unpaired) electrons. The van der Waals surface area contributed by atoms with Crippen LogP contribution >= 0.6 is 24.0 Å². The summed E-state index contributed by atoms with van der Waals surface area (Å²) in [5.74, 6) is 1.16. The molecule has 1 aromatic carbocycles. The first-order valence-corrected chi connectivity index (χ1v) is 8.30. The summed E-state index contributed by atoms with van der Waals surface area (Å²) in [7, 11) is 0. The number of ether oxygens (including phenoxy) is 1. The van der Waals surface area contributed by atoms with Gasteiger partial charge in [0.2, 0.25) is 0 Å². The lowest BCUT2D eigenvalue weighted by Gasteiger charge is -2.36. The topological polar surface area (TPSA) is 50.8 Å². The number of guanidine groups is 1. The maximum absolute atomic E-state index is 6.16. The minimum Gasteiger partial charge on any atom is -0.378 e. The van der Waals surface area contributed by atoms with Gasteiger partial charge in [-0.25, -0.2) is 0 Å². The smallest absolute Gasteiger partial charge is 0.191 e. The van der Waals surface area contributed by atoms with Crippen LogP contribution in [0.2, 0.25) is 0 Å². The Labute approximate surface area is 156 Å². The third-order valence-electron chi connectivity index (χ3n) is 5.06. The summed E-state index contributed by atoms with van der Waals surface area (Å²) < 4.78 is 5.36. The van der Waals surface area contributed by atoms with Crippen molar-refractivity contribution in [2.24, 2.45) is 10.7 Å². The third kappa shape index (κ3) is 4.18. The normalized spacial score (nSPS) is 23.8. The van der Waals surface area contributed by atoms with Gasteiger partial charge in [0.1, 0.15) is 0 Å². The van der Waals surface area contributed by atoms with E-state index in [0.717, 1.165) is 32.8 Å². The molecule has 1 unspecified atom stereocenters. The first kappa shape index (κ1) is 18.5.